The molecule has 0 fully saturated rings. The van der Waals surface area contributed by atoms with Gasteiger partial charge in [0.1, 0.15) is 0 Å². The van der Waals surface area contributed by atoms with Crippen LogP contribution in [0.25, 0.3) is 0 Å². The van der Waals surface area contributed by atoms with Crippen molar-refractivity contribution in [2.75, 3.05) is 0 Å². The van der Waals surface area contributed by atoms with Crippen molar-refractivity contribution in [3.63, 3.8) is 0 Å². The van der Waals surface area contributed by atoms with Gasteiger partial charge in [-0.1, -0.05) is 137 Å². The number of rotatable bonds is 9. The Bertz CT molecular complexity index is 684. The van der Waals surface area contributed by atoms with Crippen LogP contribution in [0, 0.1) is 0 Å². The van der Waals surface area contributed by atoms with Gasteiger partial charge >= 0.3 is 0 Å². The van der Waals surface area contributed by atoms with Gasteiger partial charge in [-0.25, -0.2) is 0 Å². The molecule has 0 amide bonds. The third-order valence-electron chi connectivity index (χ3n) is 5.92. The Morgan fingerprint density at radius 1 is 0.593 bits per heavy atom. The molecule has 1 atom stereocenters. The molecule has 0 radical (unpaired) electrons. The highest BCUT2D eigenvalue weighted by Crippen LogP contribution is 2.28. The summed E-state index contributed by atoms with van der Waals surface area (Å²) in [5, 5.41) is 4.60. The fourth-order valence-electron chi connectivity index (χ4n) is 4.55. The lowest BCUT2D eigenvalue weighted by Crippen LogP contribution is -2.69. The molecule has 27 heavy (non-hydrogen) atoms. The van der Waals surface area contributed by atoms with E-state index in [-0.39, 0.29) is 0 Å². The van der Waals surface area contributed by atoms with Crippen LogP contribution in [-0.4, -0.2) is 8.07 Å². The second-order valence-corrected chi connectivity index (χ2v) is 12.0. The van der Waals surface area contributed by atoms with Crippen molar-refractivity contribution in [3.05, 3.63) is 91.0 Å². The predicted octanol–water partition coefficient (Wildman–Crippen LogP) is 5.52. The first-order valence-electron chi connectivity index (χ1n) is 10.5. The third-order valence-corrected chi connectivity index (χ3v) is 11.4. The summed E-state index contributed by atoms with van der Waals surface area (Å²) in [6.07, 6.45) is 6.63. The Balaban J connectivity index is 2.14. The van der Waals surface area contributed by atoms with Crippen LogP contribution >= 0.6 is 0 Å². The van der Waals surface area contributed by atoms with Crippen LogP contribution in [0.5, 0.6) is 0 Å². The molecule has 0 spiro atoms. The van der Waals surface area contributed by atoms with Crippen LogP contribution < -0.4 is 15.6 Å². The van der Waals surface area contributed by atoms with Gasteiger partial charge in [-0.05, 0) is 21.1 Å². The summed E-state index contributed by atoms with van der Waals surface area (Å²) < 4.78 is 0. The molecule has 0 saturated carbocycles. The second kappa shape index (κ2) is 9.71. The molecule has 0 N–H and O–H groups in total. The summed E-state index contributed by atoms with van der Waals surface area (Å²) in [5.74, 6) is 0. The Kier molecular flexibility index (Phi) is 7.06. The van der Waals surface area contributed by atoms with E-state index in [0.29, 0.717) is 5.54 Å². The molecule has 0 saturated heterocycles. The molecular formula is C26H32Si. The van der Waals surface area contributed by atoms with Gasteiger partial charge in [0.25, 0.3) is 0 Å². The zero-order valence-electron chi connectivity index (χ0n) is 16.8. The molecule has 3 rings (SSSR count). The summed E-state index contributed by atoms with van der Waals surface area (Å²) in [7, 11) is -2.09. The van der Waals surface area contributed by atoms with Crippen molar-refractivity contribution in [3.8, 4) is 0 Å². The van der Waals surface area contributed by atoms with Gasteiger partial charge in [0.15, 0.2) is 8.07 Å². The fourth-order valence-corrected chi connectivity index (χ4v) is 10.0. The average Bonchev–Trinajstić information content (AvgIpc) is 2.74. The Labute approximate surface area is 166 Å². The highest BCUT2D eigenvalue weighted by Gasteiger charge is 2.43. The lowest BCUT2D eigenvalue weighted by molar-refractivity contribution is 0.619. The zero-order chi connectivity index (χ0) is 19.0. The molecule has 0 aliphatic rings. The van der Waals surface area contributed by atoms with Crippen LogP contribution in [-0.2, 0) is 0 Å². The first kappa shape index (κ1) is 19.6. The summed E-state index contributed by atoms with van der Waals surface area (Å²) >= 11 is 0. The molecule has 140 valence electrons. The number of hydrogen-bond donors (Lipinski definition) is 0. The predicted molar refractivity (Wildman–Crippen MR) is 122 cm³/mol. The third kappa shape index (κ3) is 4.25. The zero-order valence-corrected chi connectivity index (χ0v) is 17.8. The van der Waals surface area contributed by atoms with Crippen LogP contribution in [0.1, 0.15) is 46.0 Å². The first-order chi connectivity index (χ1) is 13.3. The first-order valence-corrected chi connectivity index (χ1v) is 12.5. The minimum absolute atomic E-state index is 0.654. The maximum atomic E-state index is 2.51. The van der Waals surface area contributed by atoms with E-state index < -0.39 is 8.07 Å². The molecule has 0 aliphatic heterocycles. The van der Waals surface area contributed by atoms with E-state index in [1.165, 1.54) is 47.7 Å². The standard InChI is InChI=1S/C26H32Si/c1-3-4-5-9-16-23(2)27(24-17-10-6-11-18-24,25-19-12-7-13-20-25)26-21-14-8-15-22-26/h6-8,10-15,17-23H,3-5,9,16H2,1-2H3/t23-/m0/s1. The molecule has 0 unspecified atom stereocenters. The summed E-state index contributed by atoms with van der Waals surface area (Å²) in [6, 6.07) is 33.9. The Hall–Kier alpha value is -2.12. The van der Waals surface area contributed by atoms with Crippen molar-refractivity contribution < 1.29 is 0 Å². The summed E-state index contributed by atoms with van der Waals surface area (Å²) in [4.78, 5) is 0. The molecular weight excluding hydrogens is 340 g/mol. The monoisotopic (exact) mass is 372 g/mol. The van der Waals surface area contributed by atoms with Gasteiger partial charge in [-0.3, -0.25) is 0 Å². The van der Waals surface area contributed by atoms with E-state index in [2.05, 4.69) is 105 Å². The molecule has 0 aliphatic carbocycles. The van der Waals surface area contributed by atoms with E-state index >= 15 is 0 Å². The molecule has 0 heterocycles. The molecule has 0 bridgehead atoms. The van der Waals surface area contributed by atoms with E-state index in [0.717, 1.165) is 0 Å². The van der Waals surface area contributed by atoms with Crippen molar-refractivity contribution >= 4 is 23.6 Å². The minimum Gasteiger partial charge on any atom is -0.0654 e. The fraction of sp³-hybridized carbons (Fsp3) is 0.308. The molecule has 0 aromatic heterocycles. The summed E-state index contributed by atoms with van der Waals surface area (Å²) in [6.45, 7) is 4.80. The molecule has 3 aromatic rings. The van der Waals surface area contributed by atoms with E-state index in [1.807, 2.05) is 0 Å². The number of hydrogen-bond acceptors (Lipinski definition) is 0. The molecule has 3 aromatic carbocycles. The van der Waals surface area contributed by atoms with Crippen LogP contribution in [0.2, 0.25) is 5.54 Å². The smallest absolute Gasteiger partial charge is 0.0654 e. The largest absolute Gasteiger partial charge is 0.151 e. The van der Waals surface area contributed by atoms with E-state index in [9.17, 15) is 0 Å². The second-order valence-electron chi connectivity index (χ2n) is 7.66. The number of unbranched alkanes of at least 4 members (excludes halogenated alkanes) is 3. The van der Waals surface area contributed by atoms with Crippen molar-refractivity contribution in [1.29, 1.82) is 0 Å². The van der Waals surface area contributed by atoms with Gasteiger partial charge in [0.05, 0.1) is 0 Å². The van der Waals surface area contributed by atoms with Crippen LogP contribution in [0.15, 0.2) is 91.0 Å². The minimum atomic E-state index is -2.09. The maximum absolute atomic E-state index is 2.51. The Morgan fingerprint density at radius 2 is 1.00 bits per heavy atom. The van der Waals surface area contributed by atoms with Gasteiger partial charge in [-0.2, -0.15) is 0 Å². The molecule has 0 nitrogen and oxygen atoms in total. The summed E-state index contributed by atoms with van der Waals surface area (Å²) in [5.41, 5.74) is 0.654. The normalized spacial score (nSPS) is 12.7. The van der Waals surface area contributed by atoms with Crippen molar-refractivity contribution in [2.45, 2.75) is 51.5 Å². The maximum Gasteiger partial charge on any atom is 0.151 e. The quantitative estimate of drug-likeness (QED) is 0.264. The van der Waals surface area contributed by atoms with E-state index in [4.69, 9.17) is 0 Å². The average molecular weight is 373 g/mol. The van der Waals surface area contributed by atoms with Crippen LogP contribution in [0.4, 0.5) is 0 Å². The van der Waals surface area contributed by atoms with E-state index in [1.54, 1.807) is 0 Å². The van der Waals surface area contributed by atoms with Gasteiger partial charge < -0.3 is 0 Å². The SMILES string of the molecule is CCCCCC[C@H](C)[Si](c1ccccc1)(c1ccccc1)c1ccccc1. The van der Waals surface area contributed by atoms with Crippen molar-refractivity contribution in [1.82, 2.24) is 0 Å². The lowest BCUT2D eigenvalue weighted by atomic mass is 10.1. The Morgan fingerprint density at radius 3 is 1.37 bits per heavy atom. The van der Waals surface area contributed by atoms with Crippen LogP contribution in [0.3, 0.4) is 0 Å². The lowest BCUT2D eigenvalue weighted by Gasteiger charge is -2.39. The van der Waals surface area contributed by atoms with Gasteiger partial charge in [0, 0.05) is 0 Å². The highest BCUT2D eigenvalue weighted by atomic mass is 28.3. The molecule has 1 heteroatoms. The van der Waals surface area contributed by atoms with Crippen molar-refractivity contribution in [2.24, 2.45) is 0 Å². The number of benzene rings is 3. The topological polar surface area (TPSA) is 0 Å². The highest BCUT2D eigenvalue weighted by molar-refractivity contribution is 7.12. The van der Waals surface area contributed by atoms with Gasteiger partial charge in [0.2, 0.25) is 0 Å². The van der Waals surface area contributed by atoms with Gasteiger partial charge in [-0.15, -0.1) is 0 Å².